The third-order valence-electron chi connectivity index (χ3n) is 7.92. The smallest absolute Gasteiger partial charge is 0.151 e. The molecule has 0 atom stereocenters. The van der Waals surface area contributed by atoms with Crippen LogP contribution in [0.5, 0.6) is 11.5 Å². The molecule has 3 heterocycles. The zero-order valence-corrected chi connectivity index (χ0v) is 23.0. The minimum atomic E-state index is 0.0442. The van der Waals surface area contributed by atoms with Gasteiger partial charge in [-0.15, -0.1) is 10.2 Å². The van der Waals surface area contributed by atoms with E-state index < -0.39 is 0 Å². The Labute approximate surface area is 220 Å². The zero-order valence-electron chi connectivity index (χ0n) is 23.0. The van der Waals surface area contributed by atoms with Crippen molar-refractivity contribution in [2.24, 2.45) is 0 Å². The van der Waals surface area contributed by atoms with E-state index in [1.807, 2.05) is 24.4 Å². The Balaban J connectivity index is 1.39. The molecule has 3 aromatic rings. The Morgan fingerprint density at radius 3 is 2.35 bits per heavy atom. The van der Waals surface area contributed by atoms with Crippen molar-refractivity contribution >= 4 is 5.82 Å². The van der Waals surface area contributed by atoms with Crippen LogP contribution in [0.1, 0.15) is 72.3 Å². The van der Waals surface area contributed by atoms with Gasteiger partial charge in [0.15, 0.2) is 5.82 Å². The average Bonchev–Trinajstić information content (AvgIpc) is 3.53. The quantitative estimate of drug-likeness (QED) is 0.453. The number of benzene rings is 1. The van der Waals surface area contributed by atoms with E-state index in [4.69, 9.17) is 4.74 Å². The molecule has 8 heteroatoms. The highest BCUT2D eigenvalue weighted by atomic mass is 16.5. The van der Waals surface area contributed by atoms with Gasteiger partial charge in [0.2, 0.25) is 0 Å². The summed E-state index contributed by atoms with van der Waals surface area (Å²) in [6.07, 6.45) is 10.8. The van der Waals surface area contributed by atoms with Crippen molar-refractivity contribution in [3.8, 4) is 33.9 Å². The predicted octanol–water partition coefficient (Wildman–Crippen LogP) is 5.58. The number of nitrogens with one attached hydrogen (secondary N) is 1. The van der Waals surface area contributed by atoms with Crippen LogP contribution in [0, 0.1) is 0 Å². The summed E-state index contributed by atoms with van der Waals surface area (Å²) in [6.45, 7) is 9.01. The lowest BCUT2D eigenvalue weighted by Crippen LogP contribution is -2.62. The molecule has 1 aromatic carbocycles. The first-order valence-electron chi connectivity index (χ1n) is 13.4. The number of ether oxygens (including phenoxy) is 1. The normalized spacial score (nSPS) is 19.7. The topological polar surface area (TPSA) is 88.3 Å². The lowest BCUT2D eigenvalue weighted by molar-refractivity contribution is 0.160. The highest BCUT2D eigenvalue weighted by Crippen LogP contribution is 2.41. The van der Waals surface area contributed by atoms with E-state index >= 15 is 0 Å². The number of phenols is 1. The first-order valence-corrected chi connectivity index (χ1v) is 13.4. The van der Waals surface area contributed by atoms with E-state index in [0.29, 0.717) is 29.1 Å². The van der Waals surface area contributed by atoms with Gasteiger partial charge in [-0.3, -0.25) is 4.68 Å². The van der Waals surface area contributed by atoms with Crippen LogP contribution >= 0.6 is 0 Å². The maximum Gasteiger partial charge on any atom is 0.151 e. The van der Waals surface area contributed by atoms with Gasteiger partial charge in [0.1, 0.15) is 17.2 Å². The van der Waals surface area contributed by atoms with Crippen molar-refractivity contribution in [2.75, 3.05) is 19.1 Å². The Morgan fingerprint density at radius 2 is 1.73 bits per heavy atom. The monoisotopic (exact) mass is 504 g/mol. The van der Waals surface area contributed by atoms with Gasteiger partial charge in [0.25, 0.3) is 0 Å². The third kappa shape index (κ3) is 5.30. The second-order valence-corrected chi connectivity index (χ2v) is 12.1. The number of hydrogen-bond donors (Lipinski definition) is 2. The predicted molar refractivity (Wildman–Crippen MR) is 147 cm³/mol. The number of anilines is 1. The molecule has 0 unspecified atom stereocenters. The van der Waals surface area contributed by atoms with Crippen LogP contribution in [0.2, 0.25) is 0 Å². The SMILES string of the molecule is COc1cc(-c2cnn(C3CCCC3)c2)cc(O)c1-c1ccc(N(C)C2CC(C)(C)NC(C)(C)C2)nn1. The molecular formula is C29H40N6O2. The highest BCUT2D eigenvalue weighted by Gasteiger charge is 2.39. The standard InChI is InChI=1S/C29H40N6O2/c1-28(2)15-22(16-29(3,4)33-28)34(5)26-12-11-23(31-32-26)27-24(36)13-19(14-25(27)37-6)20-17-30-35(18-20)21-9-7-8-10-21/h11-14,17-18,21-22,33,36H,7-10,15-16H2,1-6H3. The number of nitrogens with zero attached hydrogens (tertiary/aromatic N) is 5. The number of rotatable bonds is 6. The summed E-state index contributed by atoms with van der Waals surface area (Å²) < 4.78 is 7.76. The van der Waals surface area contributed by atoms with E-state index in [1.54, 1.807) is 13.2 Å². The van der Waals surface area contributed by atoms with Crippen LogP contribution < -0.4 is 15.0 Å². The number of phenolic OH excluding ortho intramolecular Hbond substituents is 1. The minimum absolute atomic E-state index is 0.0442. The average molecular weight is 505 g/mol. The van der Waals surface area contributed by atoms with Gasteiger partial charge in [-0.2, -0.15) is 5.10 Å². The van der Waals surface area contributed by atoms with E-state index in [1.165, 1.54) is 25.7 Å². The molecule has 1 saturated heterocycles. The minimum Gasteiger partial charge on any atom is -0.507 e. The largest absolute Gasteiger partial charge is 0.507 e. The van der Waals surface area contributed by atoms with Crippen molar-refractivity contribution in [1.82, 2.24) is 25.3 Å². The lowest BCUT2D eigenvalue weighted by atomic mass is 9.79. The van der Waals surface area contributed by atoms with Crippen LogP contribution in [0.25, 0.3) is 22.4 Å². The van der Waals surface area contributed by atoms with Gasteiger partial charge in [0, 0.05) is 35.9 Å². The molecule has 2 aromatic heterocycles. The van der Waals surface area contributed by atoms with Crippen molar-refractivity contribution < 1.29 is 9.84 Å². The molecule has 0 bridgehead atoms. The number of aromatic nitrogens is 4. The van der Waals surface area contributed by atoms with E-state index in [0.717, 1.165) is 29.8 Å². The molecule has 2 fully saturated rings. The van der Waals surface area contributed by atoms with E-state index in [2.05, 4.69) is 71.1 Å². The van der Waals surface area contributed by atoms with Crippen LogP contribution in [-0.4, -0.2) is 56.4 Å². The Hall–Kier alpha value is -3.13. The number of piperidine rings is 1. The molecule has 2 aliphatic rings. The molecule has 8 nitrogen and oxygen atoms in total. The second kappa shape index (κ2) is 9.63. The van der Waals surface area contributed by atoms with Crippen LogP contribution in [-0.2, 0) is 0 Å². The van der Waals surface area contributed by atoms with Gasteiger partial charge < -0.3 is 20.1 Å². The Kier molecular flexibility index (Phi) is 6.64. The summed E-state index contributed by atoms with van der Waals surface area (Å²) in [5, 5.41) is 28.4. The molecule has 5 rings (SSSR count). The molecule has 1 aliphatic heterocycles. The van der Waals surface area contributed by atoms with E-state index in [9.17, 15) is 5.11 Å². The Bertz CT molecular complexity index is 1230. The first-order chi connectivity index (χ1) is 17.5. The third-order valence-corrected chi connectivity index (χ3v) is 7.92. The van der Waals surface area contributed by atoms with Crippen molar-refractivity contribution in [3.63, 3.8) is 0 Å². The number of aromatic hydroxyl groups is 1. The van der Waals surface area contributed by atoms with Crippen LogP contribution in [0.4, 0.5) is 5.82 Å². The highest BCUT2D eigenvalue weighted by molar-refractivity contribution is 5.80. The fourth-order valence-electron chi connectivity index (χ4n) is 6.42. The van der Waals surface area contributed by atoms with E-state index in [-0.39, 0.29) is 16.8 Å². The first kappa shape index (κ1) is 25.5. The summed E-state index contributed by atoms with van der Waals surface area (Å²) in [6, 6.07) is 8.39. The zero-order chi connectivity index (χ0) is 26.4. The van der Waals surface area contributed by atoms with Gasteiger partial charge in [-0.25, -0.2) is 0 Å². The van der Waals surface area contributed by atoms with Crippen molar-refractivity contribution in [3.05, 3.63) is 36.7 Å². The number of methoxy groups -OCH3 is 1. The van der Waals surface area contributed by atoms with Gasteiger partial charge >= 0.3 is 0 Å². The second-order valence-electron chi connectivity index (χ2n) is 12.1. The summed E-state index contributed by atoms with van der Waals surface area (Å²) >= 11 is 0. The number of hydrogen-bond acceptors (Lipinski definition) is 7. The fourth-order valence-corrected chi connectivity index (χ4v) is 6.42. The maximum absolute atomic E-state index is 11.0. The van der Waals surface area contributed by atoms with Crippen LogP contribution in [0.3, 0.4) is 0 Å². The van der Waals surface area contributed by atoms with Gasteiger partial charge in [-0.1, -0.05) is 12.8 Å². The molecule has 0 radical (unpaired) electrons. The fraction of sp³-hybridized carbons (Fsp3) is 0.552. The molecule has 2 N–H and O–H groups in total. The summed E-state index contributed by atoms with van der Waals surface area (Å²) in [7, 11) is 3.70. The van der Waals surface area contributed by atoms with Gasteiger partial charge in [0.05, 0.1) is 24.9 Å². The summed E-state index contributed by atoms with van der Waals surface area (Å²) in [4.78, 5) is 2.23. The lowest BCUT2D eigenvalue weighted by Gasteiger charge is -2.49. The molecule has 198 valence electrons. The van der Waals surface area contributed by atoms with Crippen molar-refractivity contribution in [1.29, 1.82) is 0 Å². The van der Waals surface area contributed by atoms with Crippen molar-refractivity contribution in [2.45, 2.75) is 89.4 Å². The summed E-state index contributed by atoms with van der Waals surface area (Å²) in [5.41, 5.74) is 3.03. The molecule has 0 amide bonds. The molecular weight excluding hydrogens is 464 g/mol. The van der Waals surface area contributed by atoms with Crippen LogP contribution in [0.15, 0.2) is 36.7 Å². The Morgan fingerprint density at radius 1 is 1.03 bits per heavy atom. The maximum atomic E-state index is 11.0. The molecule has 37 heavy (non-hydrogen) atoms. The molecule has 1 saturated carbocycles. The molecule has 1 aliphatic carbocycles. The summed E-state index contributed by atoms with van der Waals surface area (Å²) in [5.74, 6) is 1.48. The molecule has 0 spiro atoms. The van der Waals surface area contributed by atoms with Gasteiger partial charge in [-0.05, 0) is 83.2 Å².